The minimum atomic E-state index is -0.463. The predicted molar refractivity (Wildman–Crippen MR) is 70.7 cm³/mol. The number of benzene rings is 1. The zero-order valence-corrected chi connectivity index (χ0v) is 10.0. The van der Waals surface area contributed by atoms with E-state index in [2.05, 4.69) is 27.8 Å². The Labute approximate surface area is 99.9 Å². The molecule has 86 valence electrons. The summed E-state index contributed by atoms with van der Waals surface area (Å²) in [5.41, 5.74) is 7.87. The summed E-state index contributed by atoms with van der Waals surface area (Å²) in [6.07, 6.45) is 1.81. The van der Waals surface area contributed by atoms with Crippen LogP contribution in [0, 0.1) is 0 Å². The Hall–Kier alpha value is -1.87. The smallest absolute Gasteiger partial charge is 0.142 e. The molecule has 17 heavy (non-hydrogen) atoms. The summed E-state index contributed by atoms with van der Waals surface area (Å²) in [6.45, 7) is 3.99. The van der Waals surface area contributed by atoms with Gasteiger partial charge in [0.1, 0.15) is 5.65 Å². The summed E-state index contributed by atoms with van der Waals surface area (Å²) in [5.74, 6) is 0. The molecule has 0 aliphatic heterocycles. The molecule has 0 spiro atoms. The van der Waals surface area contributed by atoms with Crippen molar-refractivity contribution < 1.29 is 0 Å². The molecule has 0 fully saturated rings. The van der Waals surface area contributed by atoms with Crippen LogP contribution in [0.4, 0.5) is 0 Å². The first kappa shape index (κ1) is 10.3. The summed E-state index contributed by atoms with van der Waals surface area (Å²) in [6, 6.07) is 12.3. The van der Waals surface area contributed by atoms with Gasteiger partial charge in [-0.25, -0.2) is 4.98 Å². The number of nitrogens with two attached hydrogens (primary N) is 1. The van der Waals surface area contributed by atoms with Crippen molar-refractivity contribution in [2.45, 2.75) is 19.5 Å². The molecule has 0 unspecified atom stereocenters. The SMILES string of the molecule is CC(C)(N)n1c2ccccc2c2cccnc21. The van der Waals surface area contributed by atoms with Crippen LogP contribution in [0.5, 0.6) is 0 Å². The molecule has 2 N–H and O–H groups in total. The molecule has 0 bridgehead atoms. The average molecular weight is 225 g/mol. The van der Waals surface area contributed by atoms with Gasteiger partial charge in [0.15, 0.2) is 0 Å². The lowest BCUT2D eigenvalue weighted by atomic mass is 10.2. The van der Waals surface area contributed by atoms with Gasteiger partial charge in [0.25, 0.3) is 0 Å². The van der Waals surface area contributed by atoms with Gasteiger partial charge in [-0.3, -0.25) is 0 Å². The molecule has 3 nitrogen and oxygen atoms in total. The van der Waals surface area contributed by atoms with Crippen molar-refractivity contribution in [1.29, 1.82) is 0 Å². The van der Waals surface area contributed by atoms with E-state index in [0.717, 1.165) is 16.6 Å². The van der Waals surface area contributed by atoms with E-state index in [1.54, 1.807) is 0 Å². The minimum Gasteiger partial charge on any atom is -0.309 e. The van der Waals surface area contributed by atoms with Gasteiger partial charge < -0.3 is 10.3 Å². The van der Waals surface area contributed by atoms with E-state index in [9.17, 15) is 0 Å². The van der Waals surface area contributed by atoms with E-state index in [0.29, 0.717) is 0 Å². The number of nitrogens with zero attached hydrogens (tertiary/aromatic N) is 2. The third-order valence-electron chi connectivity index (χ3n) is 3.01. The highest BCUT2D eigenvalue weighted by Crippen LogP contribution is 2.30. The Kier molecular flexibility index (Phi) is 2.00. The highest BCUT2D eigenvalue weighted by molar-refractivity contribution is 6.06. The number of fused-ring (bicyclic) bond motifs is 3. The molecule has 2 aromatic heterocycles. The van der Waals surface area contributed by atoms with Gasteiger partial charge in [-0.2, -0.15) is 0 Å². The van der Waals surface area contributed by atoms with Gasteiger partial charge in [-0.1, -0.05) is 18.2 Å². The molecule has 3 aromatic rings. The molecule has 0 aliphatic carbocycles. The number of para-hydroxylation sites is 1. The maximum absolute atomic E-state index is 6.26. The van der Waals surface area contributed by atoms with Gasteiger partial charge in [-0.15, -0.1) is 0 Å². The van der Waals surface area contributed by atoms with E-state index < -0.39 is 5.66 Å². The molecule has 0 atom stereocenters. The van der Waals surface area contributed by atoms with E-state index in [4.69, 9.17) is 5.73 Å². The Morgan fingerprint density at radius 2 is 1.76 bits per heavy atom. The predicted octanol–water partition coefficient (Wildman–Crippen LogP) is 2.84. The summed E-state index contributed by atoms with van der Waals surface area (Å²) >= 11 is 0. The van der Waals surface area contributed by atoms with Crippen molar-refractivity contribution in [3.63, 3.8) is 0 Å². The van der Waals surface area contributed by atoms with Gasteiger partial charge in [0.05, 0.1) is 11.2 Å². The first-order chi connectivity index (χ1) is 8.09. The third kappa shape index (κ3) is 1.43. The molecular formula is C14H15N3. The zero-order valence-electron chi connectivity index (χ0n) is 10.0. The standard InChI is InChI=1S/C14H15N3/c1-14(2,15)17-12-8-4-3-6-10(12)11-7-5-9-16-13(11)17/h3-9H,15H2,1-2H3. The molecule has 0 aliphatic rings. The highest BCUT2D eigenvalue weighted by Gasteiger charge is 2.20. The Bertz CT molecular complexity index is 636. The normalized spacial score (nSPS) is 12.4. The van der Waals surface area contributed by atoms with Crippen LogP contribution in [0.1, 0.15) is 13.8 Å². The monoisotopic (exact) mass is 225 g/mol. The summed E-state index contributed by atoms with van der Waals surface area (Å²) in [4.78, 5) is 4.47. The molecule has 0 radical (unpaired) electrons. The molecule has 0 saturated carbocycles. The second kappa shape index (κ2) is 3.31. The molecular weight excluding hydrogens is 210 g/mol. The highest BCUT2D eigenvalue weighted by atomic mass is 15.2. The maximum atomic E-state index is 6.26. The summed E-state index contributed by atoms with van der Waals surface area (Å²) in [5, 5.41) is 2.36. The van der Waals surface area contributed by atoms with E-state index in [1.165, 1.54) is 5.39 Å². The maximum Gasteiger partial charge on any atom is 0.142 e. The van der Waals surface area contributed by atoms with Crippen LogP contribution in [0.25, 0.3) is 21.9 Å². The van der Waals surface area contributed by atoms with Crippen molar-refractivity contribution in [2.24, 2.45) is 5.73 Å². The molecule has 1 aromatic carbocycles. The molecule has 3 rings (SSSR count). The Morgan fingerprint density at radius 1 is 1.06 bits per heavy atom. The summed E-state index contributed by atoms with van der Waals surface area (Å²) < 4.78 is 2.09. The lowest BCUT2D eigenvalue weighted by molar-refractivity contribution is 0.394. The number of hydrogen-bond acceptors (Lipinski definition) is 2. The minimum absolute atomic E-state index is 0.463. The fraction of sp³-hybridized carbons (Fsp3) is 0.214. The van der Waals surface area contributed by atoms with Crippen molar-refractivity contribution in [3.8, 4) is 0 Å². The molecule has 0 saturated heterocycles. The molecule has 2 heterocycles. The Morgan fingerprint density at radius 3 is 2.53 bits per heavy atom. The van der Waals surface area contributed by atoms with Crippen LogP contribution in [0.2, 0.25) is 0 Å². The first-order valence-electron chi connectivity index (χ1n) is 5.72. The van der Waals surface area contributed by atoms with Gasteiger partial charge in [-0.05, 0) is 32.0 Å². The second-order valence-corrected chi connectivity index (χ2v) is 4.88. The van der Waals surface area contributed by atoms with Crippen LogP contribution in [0.3, 0.4) is 0 Å². The van der Waals surface area contributed by atoms with Gasteiger partial charge in [0, 0.05) is 17.0 Å². The van der Waals surface area contributed by atoms with Crippen molar-refractivity contribution in [2.75, 3.05) is 0 Å². The third-order valence-corrected chi connectivity index (χ3v) is 3.01. The quantitative estimate of drug-likeness (QED) is 0.692. The zero-order chi connectivity index (χ0) is 12.0. The lowest BCUT2D eigenvalue weighted by Gasteiger charge is -2.23. The average Bonchev–Trinajstić information content (AvgIpc) is 2.63. The largest absolute Gasteiger partial charge is 0.309 e. The molecule has 3 heteroatoms. The fourth-order valence-electron chi connectivity index (χ4n) is 2.38. The van der Waals surface area contributed by atoms with E-state index in [-0.39, 0.29) is 0 Å². The van der Waals surface area contributed by atoms with Crippen LogP contribution in [0.15, 0.2) is 42.6 Å². The van der Waals surface area contributed by atoms with E-state index >= 15 is 0 Å². The number of aromatic nitrogens is 2. The molecule has 0 amide bonds. The van der Waals surface area contributed by atoms with Crippen molar-refractivity contribution in [3.05, 3.63) is 42.6 Å². The van der Waals surface area contributed by atoms with Crippen LogP contribution < -0.4 is 5.73 Å². The van der Waals surface area contributed by atoms with Gasteiger partial charge >= 0.3 is 0 Å². The van der Waals surface area contributed by atoms with Crippen LogP contribution >= 0.6 is 0 Å². The number of rotatable bonds is 1. The van der Waals surface area contributed by atoms with Crippen LogP contribution in [-0.4, -0.2) is 9.55 Å². The van der Waals surface area contributed by atoms with E-state index in [1.807, 2.05) is 38.2 Å². The van der Waals surface area contributed by atoms with Crippen molar-refractivity contribution in [1.82, 2.24) is 9.55 Å². The Balaban J connectivity index is 2.60. The van der Waals surface area contributed by atoms with Crippen molar-refractivity contribution >= 4 is 21.9 Å². The first-order valence-corrected chi connectivity index (χ1v) is 5.72. The number of hydrogen-bond donors (Lipinski definition) is 1. The van der Waals surface area contributed by atoms with Gasteiger partial charge in [0.2, 0.25) is 0 Å². The lowest BCUT2D eigenvalue weighted by Crippen LogP contribution is -2.36. The number of pyridine rings is 1. The summed E-state index contributed by atoms with van der Waals surface area (Å²) in [7, 11) is 0. The van der Waals surface area contributed by atoms with Crippen LogP contribution in [-0.2, 0) is 5.66 Å². The second-order valence-electron chi connectivity index (χ2n) is 4.88. The fourth-order valence-corrected chi connectivity index (χ4v) is 2.38. The topological polar surface area (TPSA) is 43.8 Å².